The summed E-state index contributed by atoms with van der Waals surface area (Å²) < 4.78 is 1.15. The van der Waals surface area contributed by atoms with Crippen LogP contribution in [0, 0.1) is 6.92 Å². The van der Waals surface area contributed by atoms with Crippen molar-refractivity contribution in [1.29, 1.82) is 0 Å². The molecule has 4 heteroatoms. The molecule has 122 valence electrons. The Labute approximate surface area is 146 Å². The van der Waals surface area contributed by atoms with Crippen molar-refractivity contribution in [3.63, 3.8) is 0 Å². The highest BCUT2D eigenvalue weighted by Crippen LogP contribution is 2.28. The van der Waals surface area contributed by atoms with Gasteiger partial charge in [-0.15, -0.1) is 11.3 Å². The number of amides is 1. The summed E-state index contributed by atoms with van der Waals surface area (Å²) in [6, 6.07) is 16.1. The maximum absolute atomic E-state index is 12.4. The third-order valence-electron chi connectivity index (χ3n) is 4.09. The summed E-state index contributed by atoms with van der Waals surface area (Å²) in [5.74, 6) is -0.0256. The molecule has 24 heavy (non-hydrogen) atoms. The van der Waals surface area contributed by atoms with Gasteiger partial charge < -0.3 is 4.90 Å². The number of hydrogen-bond donors (Lipinski definition) is 0. The van der Waals surface area contributed by atoms with Crippen LogP contribution in [-0.4, -0.2) is 22.8 Å². The topological polar surface area (TPSA) is 33.2 Å². The molecule has 2 aromatic carbocycles. The van der Waals surface area contributed by atoms with Crippen LogP contribution in [0.3, 0.4) is 0 Å². The van der Waals surface area contributed by atoms with Crippen molar-refractivity contribution < 1.29 is 4.79 Å². The number of carbonyl (C=O) groups is 1. The first-order chi connectivity index (χ1) is 11.5. The first kappa shape index (κ1) is 16.4. The smallest absolute Gasteiger partial charge is 0.246 e. The molecule has 3 rings (SSSR count). The van der Waals surface area contributed by atoms with Crippen LogP contribution < -0.4 is 0 Å². The largest absolute Gasteiger partial charge is 0.333 e. The Morgan fingerprint density at radius 3 is 2.58 bits per heavy atom. The second-order valence-corrected chi connectivity index (χ2v) is 6.95. The summed E-state index contributed by atoms with van der Waals surface area (Å²) in [7, 11) is 1.82. The molecule has 0 aliphatic rings. The van der Waals surface area contributed by atoms with Gasteiger partial charge >= 0.3 is 0 Å². The summed E-state index contributed by atoms with van der Waals surface area (Å²) in [6.07, 6.45) is 3.47. The minimum Gasteiger partial charge on any atom is -0.333 e. The number of rotatable bonds is 4. The minimum atomic E-state index is -0.0578. The third-order valence-corrected chi connectivity index (χ3v) is 5.30. The molecule has 1 atom stereocenters. The Bertz CT molecular complexity index is 847. The second kappa shape index (κ2) is 6.97. The number of hydrogen-bond acceptors (Lipinski definition) is 3. The van der Waals surface area contributed by atoms with E-state index in [9.17, 15) is 4.79 Å². The Kier molecular flexibility index (Phi) is 4.76. The van der Waals surface area contributed by atoms with Gasteiger partial charge in [-0.3, -0.25) is 4.79 Å². The molecule has 0 spiro atoms. The van der Waals surface area contributed by atoms with Crippen molar-refractivity contribution in [1.82, 2.24) is 9.88 Å². The monoisotopic (exact) mass is 336 g/mol. The number of carbonyl (C=O) groups excluding carboxylic acids is 1. The molecule has 0 aliphatic carbocycles. The molecule has 0 unspecified atom stereocenters. The molecular weight excluding hydrogens is 316 g/mol. The van der Waals surface area contributed by atoms with Crippen LogP contribution in [0.1, 0.15) is 29.1 Å². The highest BCUT2D eigenvalue weighted by atomic mass is 32.1. The summed E-state index contributed by atoms with van der Waals surface area (Å²) in [6.45, 7) is 4.06. The molecule has 0 aliphatic heterocycles. The number of para-hydroxylation sites is 1. The molecule has 1 amide bonds. The molecule has 1 heterocycles. The van der Waals surface area contributed by atoms with Crippen molar-refractivity contribution in [2.75, 3.05) is 7.05 Å². The van der Waals surface area contributed by atoms with Gasteiger partial charge in [0.15, 0.2) is 0 Å². The summed E-state index contributed by atoms with van der Waals surface area (Å²) in [4.78, 5) is 18.8. The normalized spacial score (nSPS) is 12.6. The summed E-state index contributed by atoms with van der Waals surface area (Å²) in [5, 5.41) is 0.954. The molecule has 0 bridgehead atoms. The zero-order chi connectivity index (χ0) is 17.1. The van der Waals surface area contributed by atoms with Gasteiger partial charge in [0.25, 0.3) is 0 Å². The van der Waals surface area contributed by atoms with Crippen molar-refractivity contribution in [2.24, 2.45) is 0 Å². The van der Waals surface area contributed by atoms with Gasteiger partial charge in [-0.25, -0.2) is 4.98 Å². The van der Waals surface area contributed by atoms with E-state index in [1.807, 2.05) is 69.4 Å². The van der Waals surface area contributed by atoms with E-state index in [1.165, 1.54) is 5.56 Å². The van der Waals surface area contributed by atoms with E-state index in [4.69, 9.17) is 0 Å². The molecule has 3 nitrogen and oxygen atoms in total. The van der Waals surface area contributed by atoms with Crippen LogP contribution in [0.15, 0.2) is 54.6 Å². The summed E-state index contributed by atoms with van der Waals surface area (Å²) in [5.41, 5.74) is 3.22. The number of thiazole rings is 1. The lowest BCUT2D eigenvalue weighted by atomic mass is 10.1. The van der Waals surface area contributed by atoms with Gasteiger partial charge in [-0.2, -0.15) is 0 Å². The van der Waals surface area contributed by atoms with Crippen LogP contribution in [0.2, 0.25) is 0 Å². The Morgan fingerprint density at radius 2 is 1.88 bits per heavy atom. The highest BCUT2D eigenvalue weighted by molar-refractivity contribution is 7.18. The molecule has 0 N–H and O–H groups in total. The molecule has 0 fully saturated rings. The van der Waals surface area contributed by atoms with Gasteiger partial charge in [0.05, 0.1) is 16.3 Å². The van der Waals surface area contributed by atoms with Crippen LogP contribution in [0.4, 0.5) is 0 Å². The number of nitrogens with zero attached hydrogens (tertiary/aromatic N) is 2. The standard InChI is InChI=1S/C20H20N2OS/c1-14-8-10-16(11-9-14)12-13-19(23)22(3)15(2)20-21-17-6-4-5-7-18(17)24-20/h4-13,15H,1-3H3/b13-12+/t15-/m1/s1. The van der Waals surface area contributed by atoms with E-state index >= 15 is 0 Å². The summed E-state index contributed by atoms with van der Waals surface area (Å²) >= 11 is 1.64. The average molecular weight is 336 g/mol. The highest BCUT2D eigenvalue weighted by Gasteiger charge is 2.19. The van der Waals surface area contributed by atoms with E-state index in [2.05, 4.69) is 11.1 Å². The quantitative estimate of drug-likeness (QED) is 0.639. The SMILES string of the molecule is Cc1ccc(/C=C/C(=O)N(C)[C@H](C)c2nc3ccccc3s2)cc1. The lowest BCUT2D eigenvalue weighted by Crippen LogP contribution is -2.27. The van der Waals surface area contributed by atoms with Crippen LogP contribution in [0.5, 0.6) is 0 Å². The maximum Gasteiger partial charge on any atom is 0.246 e. The predicted molar refractivity (Wildman–Crippen MR) is 101 cm³/mol. The number of benzene rings is 2. The van der Waals surface area contributed by atoms with E-state index in [0.717, 1.165) is 20.8 Å². The number of aryl methyl sites for hydroxylation is 1. The minimum absolute atomic E-state index is 0.0256. The Hall–Kier alpha value is -2.46. The molecule has 0 saturated carbocycles. The lowest BCUT2D eigenvalue weighted by Gasteiger charge is -2.21. The third kappa shape index (κ3) is 3.54. The second-order valence-electron chi connectivity index (χ2n) is 5.89. The zero-order valence-corrected chi connectivity index (χ0v) is 14.9. The Morgan fingerprint density at radius 1 is 1.17 bits per heavy atom. The fourth-order valence-electron chi connectivity index (χ4n) is 2.39. The number of aromatic nitrogens is 1. The fraction of sp³-hybridized carbons (Fsp3) is 0.200. The molecule has 3 aromatic rings. The zero-order valence-electron chi connectivity index (χ0n) is 14.1. The average Bonchev–Trinajstić information content (AvgIpc) is 3.03. The van der Waals surface area contributed by atoms with Gasteiger partial charge in [-0.05, 0) is 37.6 Å². The van der Waals surface area contributed by atoms with Crippen molar-refractivity contribution >= 4 is 33.5 Å². The van der Waals surface area contributed by atoms with E-state index in [-0.39, 0.29) is 11.9 Å². The van der Waals surface area contributed by atoms with Gasteiger partial charge in [-0.1, -0.05) is 42.0 Å². The van der Waals surface area contributed by atoms with Crippen molar-refractivity contribution in [3.05, 3.63) is 70.7 Å². The van der Waals surface area contributed by atoms with Gasteiger partial charge in [0.2, 0.25) is 5.91 Å². The predicted octanol–water partition coefficient (Wildman–Crippen LogP) is 4.84. The molecule has 1 aromatic heterocycles. The van der Waals surface area contributed by atoms with E-state index in [1.54, 1.807) is 22.3 Å². The van der Waals surface area contributed by atoms with Crippen molar-refractivity contribution in [3.8, 4) is 0 Å². The van der Waals surface area contributed by atoms with Crippen LogP contribution in [-0.2, 0) is 4.79 Å². The first-order valence-electron chi connectivity index (χ1n) is 7.91. The molecule has 0 saturated heterocycles. The number of likely N-dealkylation sites (N-methyl/N-ethyl adjacent to an activating group) is 1. The maximum atomic E-state index is 12.4. The fourth-order valence-corrected chi connectivity index (χ4v) is 3.45. The van der Waals surface area contributed by atoms with Gasteiger partial charge in [0.1, 0.15) is 5.01 Å². The van der Waals surface area contributed by atoms with Crippen LogP contribution in [0.25, 0.3) is 16.3 Å². The van der Waals surface area contributed by atoms with Crippen molar-refractivity contribution in [2.45, 2.75) is 19.9 Å². The Balaban J connectivity index is 1.73. The first-order valence-corrected chi connectivity index (χ1v) is 8.73. The van der Waals surface area contributed by atoms with Crippen LogP contribution >= 0.6 is 11.3 Å². The number of fused-ring (bicyclic) bond motifs is 1. The molecular formula is C20H20N2OS. The van der Waals surface area contributed by atoms with Gasteiger partial charge in [0, 0.05) is 13.1 Å². The molecule has 0 radical (unpaired) electrons. The van der Waals surface area contributed by atoms with E-state index < -0.39 is 0 Å². The lowest BCUT2D eigenvalue weighted by molar-refractivity contribution is -0.126. The van der Waals surface area contributed by atoms with E-state index in [0.29, 0.717) is 0 Å².